The van der Waals surface area contributed by atoms with E-state index in [0.29, 0.717) is 24.1 Å². The summed E-state index contributed by atoms with van der Waals surface area (Å²) in [4.78, 5) is 24.5. The minimum Gasteiger partial charge on any atom is -0.394 e. The van der Waals surface area contributed by atoms with Crippen LogP contribution in [-0.4, -0.2) is 57.9 Å². The molecule has 32 heavy (non-hydrogen) atoms. The molecule has 3 heterocycles. The molecule has 1 aliphatic carbocycles. The Morgan fingerprint density at radius 2 is 2.25 bits per heavy atom. The zero-order valence-electron chi connectivity index (χ0n) is 18.5. The highest BCUT2D eigenvalue weighted by Gasteiger charge is 2.52. The van der Waals surface area contributed by atoms with E-state index >= 15 is 0 Å². The molecule has 1 aromatic rings. The average molecular weight is 438 g/mol. The Bertz CT molecular complexity index is 941. The highest BCUT2D eigenvalue weighted by atomic mass is 16.5. The lowest BCUT2D eigenvalue weighted by Crippen LogP contribution is -2.55. The summed E-state index contributed by atoms with van der Waals surface area (Å²) in [5.41, 5.74) is 2.06. The minimum absolute atomic E-state index is 0.248. The molecule has 0 aromatic carbocycles. The molecule has 3 aliphatic rings. The molecule has 1 atom stereocenters. The monoisotopic (exact) mass is 437 g/mol. The fraction of sp³-hybridized carbons (Fsp3) is 0.542. The first-order valence-electron chi connectivity index (χ1n) is 11.3. The molecule has 1 saturated heterocycles. The Morgan fingerprint density at radius 3 is 2.88 bits per heavy atom. The van der Waals surface area contributed by atoms with Gasteiger partial charge in [0.1, 0.15) is 0 Å². The number of nitrogens with one attached hydrogen (secondary N) is 2. The summed E-state index contributed by atoms with van der Waals surface area (Å²) in [6.07, 6.45) is 17.5. The van der Waals surface area contributed by atoms with Crippen LogP contribution in [-0.2, 0) is 16.8 Å². The molecule has 8 heteroatoms. The third-order valence-corrected chi connectivity index (χ3v) is 6.66. The number of carbonyl (C=O) groups is 1. The van der Waals surface area contributed by atoms with Crippen LogP contribution in [0.1, 0.15) is 50.3 Å². The standard InChI is InChI=1S/C24H31N5O3/c1-3-5-7-17(4-2)21(16-30)28-23(31)29-15-20-19(24(29)10-6-11-24)14-25-22(27-20)26-18-8-12-32-13-9-18/h2-3,5,7,14,18,21,30H,6,8-13,15-16H2,1H3,(H,28,31)(H,25,26,27)/b5-3-,17-7+/t21-/m1/s1. The first kappa shape index (κ1) is 22.3. The second-order valence-corrected chi connectivity index (χ2v) is 8.53. The Morgan fingerprint density at radius 1 is 1.47 bits per heavy atom. The molecule has 0 bridgehead atoms. The first-order chi connectivity index (χ1) is 15.6. The highest BCUT2D eigenvalue weighted by Crippen LogP contribution is 2.52. The Labute approximate surface area is 189 Å². The maximum absolute atomic E-state index is 13.3. The number of terminal acetylenes is 1. The summed E-state index contributed by atoms with van der Waals surface area (Å²) in [6, 6.07) is -0.583. The quantitative estimate of drug-likeness (QED) is 0.467. The van der Waals surface area contributed by atoms with Crippen LogP contribution in [0.15, 0.2) is 30.0 Å². The second-order valence-electron chi connectivity index (χ2n) is 8.53. The lowest BCUT2D eigenvalue weighted by Gasteiger charge is -2.46. The number of aliphatic hydroxyl groups excluding tert-OH is 1. The number of urea groups is 1. The number of ether oxygens (including phenoxy) is 1. The van der Waals surface area contributed by atoms with Gasteiger partial charge in [-0.2, -0.15) is 0 Å². The van der Waals surface area contributed by atoms with Gasteiger partial charge in [-0.3, -0.25) is 0 Å². The predicted molar refractivity (Wildman–Crippen MR) is 122 cm³/mol. The van der Waals surface area contributed by atoms with E-state index in [0.717, 1.165) is 56.6 Å². The van der Waals surface area contributed by atoms with Crippen LogP contribution in [0.25, 0.3) is 0 Å². The van der Waals surface area contributed by atoms with E-state index in [1.165, 1.54) is 0 Å². The summed E-state index contributed by atoms with van der Waals surface area (Å²) in [5.74, 6) is 3.17. The van der Waals surface area contributed by atoms with E-state index in [4.69, 9.17) is 16.1 Å². The Balaban J connectivity index is 1.51. The van der Waals surface area contributed by atoms with Crippen LogP contribution in [0.3, 0.4) is 0 Å². The third kappa shape index (κ3) is 4.23. The van der Waals surface area contributed by atoms with Crippen molar-refractivity contribution in [1.82, 2.24) is 20.2 Å². The van der Waals surface area contributed by atoms with Gasteiger partial charge >= 0.3 is 6.03 Å². The number of hydrogen-bond donors (Lipinski definition) is 3. The number of amides is 2. The van der Waals surface area contributed by atoms with Crippen molar-refractivity contribution in [3.05, 3.63) is 41.3 Å². The van der Waals surface area contributed by atoms with Gasteiger partial charge in [-0.1, -0.05) is 18.1 Å². The van der Waals surface area contributed by atoms with Crippen LogP contribution >= 0.6 is 0 Å². The fourth-order valence-electron chi connectivity index (χ4n) is 4.70. The van der Waals surface area contributed by atoms with Crippen LogP contribution in [0.2, 0.25) is 0 Å². The van der Waals surface area contributed by atoms with Crippen molar-refractivity contribution in [2.45, 2.75) is 63.2 Å². The van der Waals surface area contributed by atoms with Gasteiger partial charge in [-0.25, -0.2) is 14.8 Å². The molecule has 170 valence electrons. The molecule has 2 amide bonds. The van der Waals surface area contributed by atoms with Crippen molar-refractivity contribution >= 4 is 12.0 Å². The number of aromatic nitrogens is 2. The molecule has 0 unspecified atom stereocenters. The topological polar surface area (TPSA) is 99.6 Å². The molecule has 2 aliphatic heterocycles. The van der Waals surface area contributed by atoms with Gasteiger partial charge in [-0.15, -0.1) is 6.42 Å². The number of nitrogens with zero attached hydrogens (tertiary/aromatic N) is 3. The van der Waals surface area contributed by atoms with E-state index in [1.807, 2.05) is 24.1 Å². The van der Waals surface area contributed by atoms with Gasteiger partial charge in [0.05, 0.1) is 30.4 Å². The van der Waals surface area contributed by atoms with E-state index in [-0.39, 0.29) is 18.2 Å². The van der Waals surface area contributed by atoms with Gasteiger partial charge in [-0.05, 0) is 45.1 Å². The number of fused-ring (bicyclic) bond motifs is 2. The van der Waals surface area contributed by atoms with Gasteiger partial charge in [0.25, 0.3) is 0 Å². The van der Waals surface area contributed by atoms with Crippen molar-refractivity contribution in [2.75, 3.05) is 25.1 Å². The third-order valence-electron chi connectivity index (χ3n) is 6.66. The minimum atomic E-state index is -0.638. The Kier molecular flexibility index (Phi) is 6.77. The number of rotatable bonds is 6. The van der Waals surface area contributed by atoms with Crippen molar-refractivity contribution in [1.29, 1.82) is 0 Å². The van der Waals surface area contributed by atoms with E-state index in [1.54, 1.807) is 12.2 Å². The van der Waals surface area contributed by atoms with Crippen LogP contribution in [0, 0.1) is 12.3 Å². The van der Waals surface area contributed by atoms with Crippen molar-refractivity contribution < 1.29 is 14.6 Å². The zero-order valence-corrected chi connectivity index (χ0v) is 18.5. The van der Waals surface area contributed by atoms with Gasteiger partial charge < -0.3 is 25.4 Å². The fourth-order valence-corrected chi connectivity index (χ4v) is 4.70. The maximum atomic E-state index is 13.3. The molecule has 1 aromatic heterocycles. The van der Waals surface area contributed by atoms with E-state index < -0.39 is 6.04 Å². The number of allylic oxidation sites excluding steroid dienone is 3. The molecular formula is C24H31N5O3. The summed E-state index contributed by atoms with van der Waals surface area (Å²) >= 11 is 0. The largest absolute Gasteiger partial charge is 0.394 e. The molecule has 0 radical (unpaired) electrons. The van der Waals surface area contributed by atoms with Crippen molar-refractivity contribution in [3.8, 4) is 12.3 Å². The number of hydrogen-bond acceptors (Lipinski definition) is 6. The zero-order chi connectivity index (χ0) is 22.6. The van der Waals surface area contributed by atoms with E-state index in [2.05, 4.69) is 21.5 Å². The SMILES string of the molecule is C#C/C(=C\C=C/C)[C@@H](CO)NC(=O)N1Cc2nc(NC3CCOCC3)ncc2C12CCC2. The van der Waals surface area contributed by atoms with Crippen molar-refractivity contribution in [2.24, 2.45) is 0 Å². The van der Waals surface area contributed by atoms with Crippen LogP contribution in [0.4, 0.5) is 10.7 Å². The molecular weight excluding hydrogens is 406 g/mol. The number of anilines is 1. The molecule has 1 saturated carbocycles. The van der Waals surface area contributed by atoms with Crippen molar-refractivity contribution in [3.63, 3.8) is 0 Å². The summed E-state index contributed by atoms with van der Waals surface area (Å²) < 4.78 is 5.42. The lowest BCUT2D eigenvalue weighted by molar-refractivity contribution is 0.0539. The highest BCUT2D eigenvalue weighted by molar-refractivity contribution is 5.78. The van der Waals surface area contributed by atoms with Gasteiger partial charge in [0, 0.05) is 36.6 Å². The molecule has 3 N–H and O–H groups in total. The summed E-state index contributed by atoms with van der Waals surface area (Å²) in [6.45, 7) is 3.51. The second kappa shape index (κ2) is 9.72. The summed E-state index contributed by atoms with van der Waals surface area (Å²) in [7, 11) is 0. The smallest absolute Gasteiger partial charge is 0.319 e. The lowest BCUT2D eigenvalue weighted by atomic mass is 9.73. The van der Waals surface area contributed by atoms with Gasteiger partial charge in [0.2, 0.25) is 5.95 Å². The van der Waals surface area contributed by atoms with Crippen LogP contribution in [0.5, 0.6) is 0 Å². The number of aliphatic hydroxyl groups is 1. The van der Waals surface area contributed by atoms with Gasteiger partial charge in [0.15, 0.2) is 0 Å². The molecule has 8 nitrogen and oxygen atoms in total. The summed E-state index contributed by atoms with van der Waals surface area (Å²) in [5, 5.41) is 16.2. The molecule has 2 fully saturated rings. The Hall–Kier alpha value is -2.89. The normalized spacial score (nSPS) is 21.2. The first-order valence-corrected chi connectivity index (χ1v) is 11.3. The predicted octanol–water partition coefficient (Wildman–Crippen LogP) is 2.47. The molecule has 4 rings (SSSR count). The maximum Gasteiger partial charge on any atom is 0.319 e. The average Bonchev–Trinajstić information content (AvgIpc) is 3.14. The van der Waals surface area contributed by atoms with Crippen LogP contribution < -0.4 is 10.6 Å². The van der Waals surface area contributed by atoms with E-state index in [9.17, 15) is 9.90 Å². The number of carbonyl (C=O) groups excluding carboxylic acids is 1. The molecule has 1 spiro atoms.